The predicted molar refractivity (Wildman–Crippen MR) is 93.7 cm³/mol. The molecule has 0 heterocycles. The number of hydrogen-bond donors (Lipinski definition) is 0. The van der Waals surface area contributed by atoms with Crippen LogP contribution in [0.2, 0.25) is 51.9 Å². The van der Waals surface area contributed by atoms with Crippen LogP contribution in [0, 0.1) is 6.92 Å². The van der Waals surface area contributed by atoms with Gasteiger partial charge in [0.25, 0.3) is 0 Å². The molecule has 5 heteroatoms. The van der Waals surface area contributed by atoms with Crippen LogP contribution in [-0.4, -0.2) is 25.2 Å². The predicted octanol–water partition coefficient (Wildman–Crippen LogP) is 5.55. The van der Waals surface area contributed by atoms with Gasteiger partial charge in [-0.25, -0.2) is 0 Å². The Morgan fingerprint density at radius 2 is 1.26 bits per heavy atom. The Morgan fingerprint density at radius 1 is 0.737 bits per heavy atom. The van der Waals surface area contributed by atoms with Crippen molar-refractivity contribution >= 4 is 25.2 Å². The molecule has 0 aliphatic carbocycles. The van der Waals surface area contributed by atoms with Crippen molar-refractivity contribution in [3.8, 4) is 0 Å². The van der Waals surface area contributed by atoms with E-state index < -0.39 is 25.2 Å². The smallest absolute Gasteiger partial charge is 0.311 e. The molecule has 19 heavy (non-hydrogen) atoms. The summed E-state index contributed by atoms with van der Waals surface area (Å²) in [4.78, 5) is 0. The van der Waals surface area contributed by atoms with Gasteiger partial charge in [0.2, 0.25) is 0 Å². The first kappa shape index (κ1) is 19.6. The van der Waals surface area contributed by atoms with E-state index in [1.165, 1.54) is 31.7 Å². The zero-order valence-corrected chi connectivity index (χ0v) is 17.3. The molecular formula is C14H35O2Si3. The fraction of sp³-hybridized carbons (Fsp3) is 0.929. The minimum absolute atomic E-state index is 1.07. The van der Waals surface area contributed by atoms with Gasteiger partial charge in [0, 0.05) is 0 Å². The Balaban J connectivity index is 4.12. The summed E-state index contributed by atoms with van der Waals surface area (Å²) in [6.45, 7) is 19.7. The summed E-state index contributed by atoms with van der Waals surface area (Å²) in [7, 11) is -4.98. The minimum atomic E-state index is -1.94. The van der Waals surface area contributed by atoms with Crippen molar-refractivity contribution in [1.82, 2.24) is 0 Å². The maximum Gasteiger partial charge on any atom is 0.311 e. The Kier molecular flexibility index (Phi) is 8.36. The average Bonchev–Trinajstić information content (AvgIpc) is 2.10. The maximum absolute atomic E-state index is 6.49. The molecule has 0 aliphatic rings. The Bertz CT molecular complexity index is 248. The summed E-state index contributed by atoms with van der Waals surface area (Å²) < 4.78 is 12.8. The van der Waals surface area contributed by atoms with E-state index in [4.69, 9.17) is 8.23 Å². The molecule has 0 amide bonds. The van der Waals surface area contributed by atoms with E-state index >= 15 is 0 Å². The normalized spacial score (nSPS) is 13.9. The molecule has 0 unspecified atom stereocenters. The van der Waals surface area contributed by atoms with Gasteiger partial charge in [-0.3, -0.25) is 0 Å². The van der Waals surface area contributed by atoms with Gasteiger partial charge < -0.3 is 8.23 Å². The quantitative estimate of drug-likeness (QED) is 0.388. The van der Waals surface area contributed by atoms with Crippen LogP contribution >= 0.6 is 0 Å². The Labute approximate surface area is 124 Å². The molecule has 0 aromatic rings. The van der Waals surface area contributed by atoms with E-state index in [0.717, 1.165) is 6.42 Å². The zero-order chi connectivity index (χ0) is 15.2. The van der Waals surface area contributed by atoms with Crippen LogP contribution in [0.3, 0.4) is 0 Å². The van der Waals surface area contributed by atoms with Crippen molar-refractivity contribution in [2.75, 3.05) is 0 Å². The van der Waals surface area contributed by atoms with E-state index in [0.29, 0.717) is 0 Å². The lowest BCUT2D eigenvalue weighted by Crippen LogP contribution is -2.51. The summed E-state index contributed by atoms with van der Waals surface area (Å²) in [5.41, 5.74) is 0. The summed E-state index contributed by atoms with van der Waals surface area (Å²) in [6, 6.07) is 1.26. The molecule has 0 N–H and O–H groups in total. The molecule has 0 aromatic heterocycles. The summed E-state index contributed by atoms with van der Waals surface area (Å²) in [5.74, 6) is 0. The lowest BCUT2D eigenvalue weighted by Gasteiger charge is -2.37. The van der Waals surface area contributed by atoms with Crippen molar-refractivity contribution in [2.45, 2.75) is 84.0 Å². The topological polar surface area (TPSA) is 18.5 Å². The molecule has 0 saturated heterocycles. The molecule has 2 nitrogen and oxygen atoms in total. The molecule has 0 bridgehead atoms. The monoisotopic (exact) mass is 319 g/mol. The fourth-order valence-corrected chi connectivity index (χ4v) is 15.8. The van der Waals surface area contributed by atoms with Crippen molar-refractivity contribution in [3.05, 3.63) is 6.92 Å². The minimum Gasteiger partial charge on any atom is -0.437 e. The average molecular weight is 320 g/mol. The maximum atomic E-state index is 6.49. The van der Waals surface area contributed by atoms with E-state index in [9.17, 15) is 0 Å². The first-order chi connectivity index (χ1) is 8.47. The highest BCUT2D eigenvalue weighted by Crippen LogP contribution is 2.24. The molecule has 1 radical (unpaired) electrons. The molecule has 0 spiro atoms. The SMILES string of the molecule is [CH2]CCCCCC[Si](C)(C)O[Si](C)(C)O[Si](C)(C)C. The van der Waals surface area contributed by atoms with Gasteiger partial charge in [-0.05, 0) is 51.9 Å². The van der Waals surface area contributed by atoms with Crippen LogP contribution < -0.4 is 0 Å². The highest BCUT2D eigenvalue weighted by Gasteiger charge is 2.37. The van der Waals surface area contributed by atoms with Gasteiger partial charge in [-0.15, -0.1) is 0 Å². The second kappa shape index (κ2) is 8.12. The number of rotatable bonds is 10. The van der Waals surface area contributed by atoms with E-state index in [1.807, 2.05) is 0 Å². The summed E-state index contributed by atoms with van der Waals surface area (Å²) in [5, 5.41) is 0. The Morgan fingerprint density at radius 3 is 1.74 bits per heavy atom. The third-order valence-electron chi connectivity index (χ3n) is 2.85. The van der Waals surface area contributed by atoms with Gasteiger partial charge in [-0.2, -0.15) is 0 Å². The molecule has 0 aliphatic heterocycles. The second-order valence-electron chi connectivity index (χ2n) is 7.49. The summed E-state index contributed by atoms with van der Waals surface area (Å²) >= 11 is 0. The van der Waals surface area contributed by atoms with Crippen molar-refractivity contribution in [3.63, 3.8) is 0 Å². The van der Waals surface area contributed by atoms with Gasteiger partial charge in [0.05, 0.1) is 0 Å². The van der Waals surface area contributed by atoms with E-state index in [-0.39, 0.29) is 0 Å². The van der Waals surface area contributed by atoms with Crippen LogP contribution in [-0.2, 0) is 8.23 Å². The van der Waals surface area contributed by atoms with Crippen LogP contribution in [0.15, 0.2) is 0 Å². The number of unbranched alkanes of at least 4 members (excludes halogenated alkanes) is 4. The molecule has 0 fully saturated rings. The lowest BCUT2D eigenvalue weighted by molar-refractivity contribution is 0.390. The van der Waals surface area contributed by atoms with Crippen LogP contribution in [0.4, 0.5) is 0 Å². The van der Waals surface area contributed by atoms with E-state index in [1.54, 1.807) is 0 Å². The summed E-state index contributed by atoms with van der Waals surface area (Å²) in [6.07, 6.45) is 6.28. The van der Waals surface area contributed by atoms with Crippen LogP contribution in [0.1, 0.15) is 32.1 Å². The van der Waals surface area contributed by atoms with Crippen LogP contribution in [0.5, 0.6) is 0 Å². The highest BCUT2D eigenvalue weighted by molar-refractivity contribution is 6.87. The fourth-order valence-electron chi connectivity index (χ4n) is 2.56. The van der Waals surface area contributed by atoms with Crippen molar-refractivity contribution in [1.29, 1.82) is 0 Å². The van der Waals surface area contributed by atoms with Gasteiger partial charge in [0.1, 0.15) is 0 Å². The highest BCUT2D eigenvalue weighted by atomic mass is 28.5. The number of hydrogen-bond acceptors (Lipinski definition) is 2. The second-order valence-corrected chi connectivity index (χ2v) is 20.2. The van der Waals surface area contributed by atoms with Gasteiger partial charge >= 0.3 is 8.56 Å². The lowest BCUT2D eigenvalue weighted by atomic mass is 10.2. The first-order valence-corrected chi connectivity index (χ1v) is 17.0. The molecule has 0 saturated carbocycles. The van der Waals surface area contributed by atoms with Gasteiger partial charge in [-0.1, -0.05) is 39.0 Å². The molecule has 0 atom stereocenters. The molecule has 115 valence electrons. The zero-order valence-electron chi connectivity index (χ0n) is 14.3. The van der Waals surface area contributed by atoms with Gasteiger partial charge in [0.15, 0.2) is 16.6 Å². The third-order valence-corrected chi connectivity index (χ3v) is 13.0. The molecule has 0 rings (SSSR count). The van der Waals surface area contributed by atoms with Crippen molar-refractivity contribution in [2.24, 2.45) is 0 Å². The van der Waals surface area contributed by atoms with E-state index in [2.05, 4.69) is 52.8 Å². The third kappa shape index (κ3) is 12.1. The molecular weight excluding hydrogens is 284 g/mol. The van der Waals surface area contributed by atoms with Crippen molar-refractivity contribution < 1.29 is 8.23 Å². The largest absolute Gasteiger partial charge is 0.437 e. The Hall–Kier alpha value is 0.571. The molecule has 0 aromatic carbocycles. The first-order valence-electron chi connectivity index (χ1n) is 7.67. The van der Waals surface area contributed by atoms with Crippen LogP contribution in [0.25, 0.3) is 0 Å². The standard InChI is InChI=1S/C14H35O2Si3/c1-9-10-11-12-13-14-18(5,6)16-19(7,8)15-17(2,3)4/h1,9-14H2,2-8H3.